The van der Waals surface area contributed by atoms with Gasteiger partial charge in [0, 0.05) is 6.54 Å². The molecule has 0 bridgehead atoms. The van der Waals surface area contributed by atoms with Crippen molar-refractivity contribution < 1.29 is 0 Å². The van der Waals surface area contributed by atoms with Crippen molar-refractivity contribution in [1.29, 1.82) is 0 Å². The number of nitrogens with two attached hydrogens (primary N) is 2. The number of nitrogen functional groups attached to an aromatic ring is 2. The van der Waals surface area contributed by atoms with E-state index in [9.17, 15) is 0 Å². The predicted molar refractivity (Wildman–Crippen MR) is 76.9 cm³/mol. The molecule has 102 valence electrons. The minimum atomic E-state index is 0.130. The van der Waals surface area contributed by atoms with Gasteiger partial charge >= 0.3 is 0 Å². The Morgan fingerprint density at radius 3 is 2.58 bits per heavy atom. The Hall–Kier alpha value is -1.68. The van der Waals surface area contributed by atoms with Crippen LogP contribution in [0.2, 0.25) is 0 Å². The zero-order valence-corrected chi connectivity index (χ0v) is 12.0. The van der Waals surface area contributed by atoms with E-state index in [-0.39, 0.29) is 11.9 Å². The fourth-order valence-electron chi connectivity index (χ4n) is 1.22. The van der Waals surface area contributed by atoms with Gasteiger partial charge in [0.15, 0.2) is 4.34 Å². The van der Waals surface area contributed by atoms with E-state index < -0.39 is 0 Å². The van der Waals surface area contributed by atoms with Crippen LogP contribution in [0.4, 0.5) is 17.0 Å². The first-order valence-corrected chi connectivity index (χ1v) is 7.43. The van der Waals surface area contributed by atoms with Crippen molar-refractivity contribution in [1.82, 2.24) is 25.1 Å². The van der Waals surface area contributed by atoms with Crippen LogP contribution in [0.25, 0.3) is 0 Å². The monoisotopic (exact) mass is 298 g/mol. The lowest BCUT2D eigenvalue weighted by atomic mass is 10.5. The molecule has 0 saturated heterocycles. The van der Waals surface area contributed by atoms with Crippen LogP contribution in [-0.4, -0.2) is 31.7 Å². The second kappa shape index (κ2) is 6.48. The lowest BCUT2D eigenvalue weighted by molar-refractivity contribution is 0.949. The Labute approximate surface area is 118 Å². The average molecular weight is 298 g/mol. The smallest absolute Gasteiger partial charge is 0.225 e. The number of nitrogens with one attached hydrogen (secondary N) is 1. The van der Waals surface area contributed by atoms with Gasteiger partial charge in [-0.25, -0.2) is 0 Å². The Bertz CT molecular complexity index is 523. The third-order valence-electron chi connectivity index (χ3n) is 1.97. The highest BCUT2D eigenvalue weighted by Gasteiger charge is 2.07. The van der Waals surface area contributed by atoms with Crippen LogP contribution in [0.1, 0.15) is 19.2 Å². The van der Waals surface area contributed by atoms with E-state index in [1.165, 1.54) is 23.1 Å². The van der Waals surface area contributed by atoms with Gasteiger partial charge < -0.3 is 16.8 Å². The molecular formula is C9H14N8S2. The van der Waals surface area contributed by atoms with Crippen molar-refractivity contribution in [3.63, 3.8) is 0 Å². The molecule has 0 aliphatic rings. The molecule has 8 nitrogen and oxygen atoms in total. The van der Waals surface area contributed by atoms with Crippen LogP contribution < -0.4 is 16.8 Å². The van der Waals surface area contributed by atoms with Gasteiger partial charge in [0.1, 0.15) is 5.82 Å². The van der Waals surface area contributed by atoms with Gasteiger partial charge in [-0.15, -0.1) is 10.2 Å². The minimum absolute atomic E-state index is 0.130. The Morgan fingerprint density at radius 2 is 1.89 bits per heavy atom. The fourth-order valence-corrected chi connectivity index (χ4v) is 2.85. The summed E-state index contributed by atoms with van der Waals surface area (Å²) in [4.78, 5) is 11.7. The molecule has 0 amide bonds. The maximum atomic E-state index is 5.50. The van der Waals surface area contributed by atoms with Crippen molar-refractivity contribution in [2.24, 2.45) is 0 Å². The molecule has 0 unspecified atom stereocenters. The van der Waals surface area contributed by atoms with Gasteiger partial charge in [-0.3, -0.25) is 0 Å². The summed E-state index contributed by atoms with van der Waals surface area (Å²) < 4.78 is 0.844. The van der Waals surface area contributed by atoms with Crippen molar-refractivity contribution >= 4 is 40.1 Å². The molecule has 2 rings (SSSR count). The lowest BCUT2D eigenvalue weighted by Gasteiger charge is -1.99. The van der Waals surface area contributed by atoms with Crippen molar-refractivity contribution in [2.75, 3.05) is 23.3 Å². The number of aromatic nitrogens is 5. The third-order valence-corrected chi connectivity index (χ3v) is 3.98. The van der Waals surface area contributed by atoms with Crippen molar-refractivity contribution in [2.45, 2.75) is 23.4 Å². The van der Waals surface area contributed by atoms with E-state index in [1.54, 1.807) is 0 Å². The minimum Gasteiger partial charge on any atom is -0.368 e. The highest BCUT2D eigenvalue weighted by molar-refractivity contribution is 8.00. The highest BCUT2D eigenvalue weighted by atomic mass is 32.2. The maximum absolute atomic E-state index is 5.50. The van der Waals surface area contributed by atoms with E-state index in [1.807, 2.05) is 0 Å². The van der Waals surface area contributed by atoms with E-state index in [0.29, 0.717) is 11.6 Å². The number of hydrogen-bond donors (Lipinski definition) is 3. The highest BCUT2D eigenvalue weighted by Crippen LogP contribution is 2.27. The van der Waals surface area contributed by atoms with Crippen LogP contribution in [0, 0.1) is 0 Å². The van der Waals surface area contributed by atoms with Gasteiger partial charge in [-0.05, 0) is 6.42 Å². The van der Waals surface area contributed by atoms with Gasteiger partial charge in [0.25, 0.3) is 0 Å². The van der Waals surface area contributed by atoms with Crippen molar-refractivity contribution in [3.05, 3.63) is 5.82 Å². The molecule has 0 atom stereocenters. The van der Waals surface area contributed by atoms with Crippen LogP contribution in [0.15, 0.2) is 4.34 Å². The Kier molecular flexibility index (Phi) is 4.68. The fraction of sp³-hybridized carbons (Fsp3) is 0.444. The summed E-state index contributed by atoms with van der Waals surface area (Å²) in [7, 11) is 0. The maximum Gasteiger partial charge on any atom is 0.225 e. The van der Waals surface area contributed by atoms with Gasteiger partial charge in [-0.1, -0.05) is 30.0 Å². The molecular weight excluding hydrogens is 284 g/mol. The van der Waals surface area contributed by atoms with E-state index >= 15 is 0 Å². The average Bonchev–Trinajstić information content (AvgIpc) is 2.81. The first-order chi connectivity index (χ1) is 9.17. The second-order valence-electron chi connectivity index (χ2n) is 3.56. The molecule has 0 spiro atoms. The molecule has 19 heavy (non-hydrogen) atoms. The van der Waals surface area contributed by atoms with Crippen LogP contribution >= 0.6 is 23.1 Å². The molecule has 2 aromatic heterocycles. The Balaban J connectivity index is 1.92. The van der Waals surface area contributed by atoms with Gasteiger partial charge in [-0.2, -0.15) is 15.0 Å². The SMILES string of the molecule is CCCNc1nnc(SCc2nc(N)nc(N)n2)s1. The summed E-state index contributed by atoms with van der Waals surface area (Å²) in [6.07, 6.45) is 1.05. The molecule has 2 aromatic rings. The first-order valence-electron chi connectivity index (χ1n) is 5.63. The number of thioether (sulfide) groups is 1. The van der Waals surface area contributed by atoms with E-state index in [0.717, 1.165) is 22.4 Å². The largest absolute Gasteiger partial charge is 0.368 e. The molecule has 0 fully saturated rings. The second-order valence-corrected chi connectivity index (χ2v) is 5.76. The number of nitrogens with zero attached hydrogens (tertiary/aromatic N) is 5. The summed E-state index contributed by atoms with van der Waals surface area (Å²) in [5, 5.41) is 12.1. The summed E-state index contributed by atoms with van der Waals surface area (Å²) in [5.74, 6) is 1.32. The van der Waals surface area contributed by atoms with Gasteiger partial charge in [0.05, 0.1) is 5.75 Å². The number of hydrogen-bond acceptors (Lipinski definition) is 10. The topological polar surface area (TPSA) is 129 Å². The molecule has 0 radical (unpaired) electrons. The quantitative estimate of drug-likeness (QED) is 0.669. The zero-order chi connectivity index (χ0) is 13.7. The van der Waals surface area contributed by atoms with Crippen molar-refractivity contribution in [3.8, 4) is 0 Å². The van der Waals surface area contributed by atoms with Crippen LogP contribution in [0.5, 0.6) is 0 Å². The summed E-state index contributed by atoms with van der Waals surface area (Å²) >= 11 is 2.98. The molecule has 0 aliphatic heterocycles. The molecule has 10 heteroatoms. The summed E-state index contributed by atoms with van der Waals surface area (Å²) in [5.41, 5.74) is 11.0. The zero-order valence-electron chi connectivity index (χ0n) is 10.3. The first kappa shape index (κ1) is 13.7. The lowest BCUT2D eigenvalue weighted by Crippen LogP contribution is -2.05. The normalized spacial score (nSPS) is 10.6. The van der Waals surface area contributed by atoms with Crippen LogP contribution in [-0.2, 0) is 5.75 Å². The Morgan fingerprint density at radius 1 is 1.16 bits per heavy atom. The van der Waals surface area contributed by atoms with E-state index in [2.05, 4.69) is 37.4 Å². The summed E-state index contributed by atoms with van der Waals surface area (Å²) in [6.45, 7) is 2.99. The predicted octanol–water partition coefficient (Wildman–Crippen LogP) is 1.00. The molecule has 0 saturated carbocycles. The molecule has 0 aliphatic carbocycles. The molecule has 0 aromatic carbocycles. The van der Waals surface area contributed by atoms with Gasteiger partial charge in [0.2, 0.25) is 17.0 Å². The number of rotatable bonds is 6. The third kappa shape index (κ3) is 4.17. The molecule has 5 N–H and O–H groups in total. The number of anilines is 3. The van der Waals surface area contributed by atoms with Crippen LogP contribution in [0.3, 0.4) is 0 Å². The van der Waals surface area contributed by atoms with E-state index in [4.69, 9.17) is 11.5 Å². The standard InChI is InChI=1S/C9H14N8S2/c1-2-3-12-8-16-17-9(19-8)18-4-5-13-6(10)15-7(11)14-5/h2-4H2,1H3,(H,12,16)(H4,10,11,13,14,15). The summed E-state index contributed by atoms with van der Waals surface area (Å²) in [6, 6.07) is 0. The molecule has 2 heterocycles.